The largest absolute Gasteiger partial charge is 0.370 e. The van der Waals surface area contributed by atoms with Crippen molar-refractivity contribution in [1.29, 1.82) is 0 Å². The third-order valence-corrected chi connectivity index (χ3v) is 4.80. The zero-order chi connectivity index (χ0) is 21.0. The summed E-state index contributed by atoms with van der Waals surface area (Å²) in [4.78, 5) is 25.9. The summed E-state index contributed by atoms with van der Waals surface area (Å²) in [6, 6.07) is 15.0. The summed E-state index contributed by atoms with van der Waals surface area (Å²) in [7, 11) is 0. The number of amides is 2. The number of halogens is 2. The highest BCUT2D eigenvalue weighted by molar-refractivity contribution is 6.33. The number of anilines is 1. The van der Waals surface area contributed by atoms with Gasteiger partial charge in [0.05, 0.1) is 17.8 Å². The van der Waals surface area contributed by atoms with Crippen LogP contribution in [-0.2, 0) is 11.3 Å². The number of rotatable bonds is 7. The Morgan fingerprint density at radius 1 is 1.14 bits per heavy atom. The molecule has 29 heavy (non-hydrogen) atoms. The van der Waals surface area contributed by atoms with Crippen LogP contribution in [0.25, 0.3) is 0 Å². The number of nitrogens with two attached hydrogens (primary N) is 1. The minimum Gasteiger partial charge on any atom is -0.370 e. The fourth-order valence-corrected chi connectivity index (χ4v) is 3.30. The van der Waals surface area contributed by atoms with Gasteiger partial charge in [-0.15, -0.1) is 0 Å². The maximum absolute atomic E-state index is 13.3. The minimum absolute atomic E-state index is 0.0411. The first-order valence-electron chi connectivity index (χ1n) is 8.99. The molecule has 0 spiro atoms. The summed E-state index contributed by atoms with van der Waals surface area (Å²) in [5.74, 6) is -1.41. The molecule has 0 atom stereocenters. The van der Waals surface area contributed by atoms with E-state index < -0.39 is 17.6 Å². The molecule has 3 rings (SSSR count). The van der Waals surface area contributed by atoms with Gasteiger partial charge in [0.1, 0.15) is 11.0 Å². The predicted molar refractivity (Wildman–Crippen MR) is 109 cm³/mol. The van der Waals surface area contributed by atoms with Gasteiger partial charge in [0.15, 0.2) is 0 Å². The van der Waals surface area contributed by atoms with E-state index in [2.05, 4.69) is 5.10 Å². The quantitative estimate of drug-likeness (QED) is 0.641. The molecule has 8 heteroatoms. The normalized spacial score (nSPS) is 10.7. The van der Waals surface area contributed by atoms with Crippen molar-refractivity contribution in [3.05, 3.63) is 82.4 Å². The van der Waals surface area contributed by atoms with E-state index in [1.807, 2.05) is 30.3 Å². The second kappa shape index (κ2) is 8.87. The topological polar surface area (TPSA) is 81.2 Å². The van der Waals surface area contributed by atoms with Crippen molar-refractivity contribution in [3.8, 4) is 0 Å². The standard InChI is InChI=1S/C21H20ClFN4O2/c1-14-19(20(22)27(25-14)13-15-5-3-2-4-6-15)21(29)26(12-11-18(24)28)17-9-7-16(23)8-10-17/h2-10H,11-13H2,1H3,(H2,24,28). The van der Waals surface area contributed by atoms with Gasteiger partial charge < -0.3 is 10.6 Å². The number of aromatic nitrogens is 2. The number of benzene rings is 2. The van der Waals surface area contributed by atoms with Crippen LogP contribution in [0, 0.1) is 12.7 Å². The van der Waals surface area contributed by atoms with Gasteiger partial charge in [0.25, 0.3) is 5.91 Å². The number of hydrogen-bond donors (Lipinski definition) is 1. The number of aryl methyl sites for hydroxylation is 1. The van der Waals surface area contributed by atoms with Gasteiger partial charge in [-0.25, -0.2) is 9.07 Å². The zero-order valence-electron chi connectivity index (χ0n) is 15.8. The van der Waals surface area contributed by atoms with E-state index >= 15 is 0 Å². The van der Waals surface area contributed by atoms with Crippen LogP contribution in [0.2, 0.25) is 5.15 Å². The van der Waals surface area contributed by atoms with Gasteiger partial charge in [0.2, 0.25) is 5.91 Å². The van der Waals surface area contributed by atoms with Crippen LogP contribution in [-0.4, -0.2) is 28.1 Å². The Hall–Kier alpha value is -3.19. The van der Waals surface area contributed by atoms with Crippen molar-refractivity contribution in [1.82, 2.24) is 9.78 Å². The fourth-order valence-electron chi connectivity index (χ4n) is 2.98. The van der Waals surface area contributed by atoms with Gasteiger partial charge in [-0.2, -0.15) is 5.10 Å². The summed E-state index contributed by atoms with van der Waals surface area (Å²) in [5, 5.41) is 4.59. The minimum atomic E-state index is -0.549. The van der Waals surface area contributed by atoms with Crippen molar-refractivity contribution >= 4 is 29.1 Å². The number of carbonyl (C=O) groups is 2. The molecular formula is C21H20ClFN4O2. The Bertz CT molecular complexity index is 1020. The summed E-state index contributed by atoms with van der Waals surface area (Å²) in [5.41, 5.74) is 7.37. The fraction of sp³-hybridized carbons (Fsp3) is 0.190. The Kier molecular flexibility index (Phi) is 6.29. The van der Waals surface area contributed by atoms with E-state index in [1.54, 1.807) is 11.6 Å². The first-order valence-corrected chi connectivity index (χ1v) is 9.37. The number of carbonyl (C=O) groups excluding carboxylic acids is 2. The first-order chi connectivity index (χ1) is 13.9. The van der Waals surface area contributed by atoms with E-state index in [1.165, 1.54) is 29.2 Å². The second-order valence-corrected chi connectivity index (χ2v) is 6.90. The van der Waals surface area contributed by atoms with Crippen molar-refractivity contribution < 1.29 is 14.0 Å². The zero-order valence-corrected chi connectivity index (χ0v) is 16.6. The second-order valence-electron chi connectivity index (χ2n) is 6.54. The van der Waals surface area contributed by atoms with Gasteiger partial charge in [-0.1, -0.05) is 41.9 Å². The third kappa shape index (κ3) is 4.81. The van der Waals surface area contributed by atoms with Crippen molar-refractivity contribution in [2.75, 3.05) is 11.4 Å². The van der Waals surface area contributed by atoms with Crippen molar-refractivity contribution in [2.45, 2.75) is 19.9 Å². The highest BCUT2D eigenvalue weighted by Gasteiger charge is 2.26. The molecule has 6 nitrogen and oxygen atoms in total. The SMILES string of the molecule is Cc1nn(Cc2ccccc2)c(Cl)c1C(=O)N(CCC(N)=O)c1ccc(F)cc1. The van der Waals surface area contributed by atoms with Crippen LogP contribution in [0.3, 0.4) is 0 Å². The molecule has 150 valence electrons. The lowest BCUT2D eigenvalue weighted by atomic mass is 10.2. The van der Waals surface area contributed by atoms with E-state index in [0.29, 0.717) is 17.9 Å². The molecule has 1 heterocycles. The molecule has 0 bridgehead atoms. The molecule has 0 unspecified atom stereocenters. The molecule has 2 amide bonds. The van der Waals surface area contributed by atoms with Crippen LogP contribution in [0.1, 0.15) is 28.0 Å². The number of hydrogen-bond acceptors (Lipinski definition) is 3. The monoisotopic (exact) mass is 414 g/mol. The average molecular weight is 415 g/mol. The smallest absolute Gasteiger partial charge is 0.263 e. The van der Waals surface area contributed by atoms with Crippen LogP contribution in [0.5, 0.6) is 0 Å². The maximum Gasteiger partial charge on any atom is 0.263 e. The Labute approximate surface area is 172 Å². The lowest BCUT2D eigenvalue weighted by Gasteiger charge is -2.22. The number of nitrogens with zero attached hydrogens (tertiary/aromatic N) is 3. The molecule has 0 fully saturated rings. The van der Waals surface area contributed by atoms with Gasteiger partial charge >= 0.3 is 0 Å². The third-order valence-electron chi connectivity index (χ3n) is 4.42. The Balaban J connectivity index is 1.94. The van der Waals surface area contributed by atoms with E-state index in [-0.39, 0.29) is 23.7 Å². The van der Waals surface area contributed by atoms with E-state index in [9.17, 15) is 14.0 Å². The van der Waals surface area contributed by atoms with Crippen LogP contribution < -0.4 is 10.6 Å². The molecule has 1 aromatic heterocycles. The number of primary amides is 1. The lowest BCUT2D eigenvalue weighted by molar-refractivity contribution is -0.117. The molecule has 2 N–H and O–H groups in total. The van der Waals surface area contributed by atoms with E-state index in [4.69, 9.17) is 17.3 Å². The molecule has 0 aliphatic heterocycles. The summed E-state index contributed by atoms with van der Waals surface area (Å²) >= 11 is 6.50. The van der Waals surface area contributed by atoms with Gasteiger partial charge in [0, 0.05) is 18.7 Å². The molecule has 2 aromatic carbocycles. The Morgan fingerprint density at radius 2 is 1.79 bits per heavy atom. The highest BCUT2D eigenvalue weighted by atomic mass is 35.5. The molecular weight excluding hydrogens is 395 g/mol. The van der Waals surface area contributed by atoms with Crippen LogP contribution in [0.4, 0.5) is 10.1 Å². The molecule has 0 aliphatic rings. The molecule has 3 aromatic rings. The van der Waals surface area contributed by atoms with Crippen molar-refractivity contribution in [3.63, 3.8) is 0 Å². The highest BCUT2D eigenvalue weighted by Crippen LogP contribution is 2.26. The van der Waals surface area contributed by atoms with Gasteiger partial charge in [-0.3, -0.25) is 9.59 Å². The lowest BCUT2D eigenvalue weighted by Crippen LogP contribution is -2.34. The predicted octanol–water partition coefficient (Wildman–Crippen LogP) is 3.55. The molecule has 0 radical (unpaired) electrons. The Morgan fingerprint density at radius 3 is 2.41 bits per heavy atom. The summed E-state index contributed by atoms with van der Waals surface area (Å²) in [6.07, 6.45) is -0.0437. The molecule has 0 saturated heterocycles. The summed E-state index contributed by atoms with van der Waals surface area (Å²) in [6.45, 7) is 2.14. The van der Waals surface area contributed by atoms with E-state index in [0.717, 1.165) is 5.56 Å². The van der Waals surface area contributed by atoms with Crippen LogP contribution in [0.15, 0.2) is 54.6 Å². The maximum atomic E-state index is 13.3. The van der Waals surface area contributed by atoms with Crippen molar-refractivity contribution in [2.24, 2.45) is 5.73 Å². The average Bonchev–Trinajstić information content (AvgIpc) is 2.97. The first kappa shape index (κ1) is 20.5. The summed E-state index contributed by atoms with van der Waals surface area (Å²) < 4.78 is 14.9. The molecule has 0 saturated carbocycles. The molecule has 0 aliphatic carbocycles. The van der Waals surface area contributed by atoms with Gasteiger partial charge in [-0.05, 0) is 36.8 Å². The van der Waals surface area contributed by atoms with Crippen LogP contribution >= 0.6 is 11.6 Å².